The third-order valence-electron chi connectivity index (χ3n) is 11.0. The Balaban J connectivity index is 1.24. The van der Waals surface area contributed by atoms with E-state index in [9.17, 15) is 0 Å². The fourth-order valence-corrected chi connectivity index (χ4v) is 12.4. The zero-order chi connectivity index (χ0) is 39.1. The van der Waals surface area contributed by atoms with Gasteiger partial charge in [-0.05, 0) is 79.7 Å². The molecule has 278 valence electrons. The summed E-state index contributed by atoms with van der Waals surface area (Å²) in [6.07, 6.45) is 6.17. The fraction of sp³-hybridized carbons (Fsp3) is 0.0189. The number of aromatic nitrogens is 4. The molecule has 3 aromatic heterocycles. The third-order valence-corrected chi connectivity index (χ3v) is 14.9. The highest BCUT2D eigenvalue weighted by Crippen LogP contribution is 2.73. The van der Waals surface area contributed by atoms with Crippen LogP contribution in [0.5, 0.6) is 0 Å². The standard InChI is InChI=1S/C53H40N4S/c1-3-20-47-43(4-2)44-27-14-17-30-48(44)56(47)51-37-52(57-49-31-18-15-28-45(49)46-29-16-19-32-50(46)57)55-53(54-51)38-33-35-42(36-34-38)58(39-21-8-5-9-22-39,40-23-10-6-11-24-40)41-25-12-7-13-26-41/h3-37H,2H2,1H3/b20-3-. The SMILES string of the molecule is C=Cc1c(/C=C\C)n(-c2cc(-n3c4ccccc4c4ccccc43)nc(-c3ccc(S(c4ccccc4)(c4ccccc4)c4ccccc4)cc3)n2)c2ccccc12. The smallest absolute Gasteiger partial charge is 0.163 e. The second kappa shape index (κ2) is 14.7. The van der Waals surface area contributed by atoms with Crippen LogP contribution in [0.4, 0.5) is 0 Å². The van der Waals surface area contributed by atoms with Crippen molar-refractivity contribution in [3.8, 4) is 23.0 Å². The van der Waals surface area contributed by atoms with E-state index < -0.39 is 10.0 Å². The summed E-state index contributed by atoms with van der Waals surface area (Å²) < 4.78 is 4.52. The summed E-state index contributed by atoms with van der Waals surface area (Å²) in [6.45, 7) is 6.28. The lowest BCUT2D eigenvalue weighted by Gasteiger charge is -2.42. The number of allylic oxidation sites excluding steroid dienone is 1. The number of nitrogens with zero attached hydrogens (tertiary/aromatic N) is 4. The minimum atomic E-state index is -1.86. The molecule has 58 heavy (non-hydrogen) atoms. The molecule has 0 atom stereocenters. The van der Waals surface area contributed by atoms with Gasteiger partial charge in [0.25, 0.3) is 0 Å². The van der Waals surface area contributed by atoms with Crippen LogP contribution in [-0.4, -0.2) is 19.1 Å². The number of hydrogen-bond donors (Lipinski definition) is 0. The summed E-state index contributed by atoms with van der Waals surface area (Å²) in [6, 6.07) is 69.6. The second-order valence-electron chi connectivity index (χ2n) is 14.2. The molecule has 10 aromatic rings. The molecule has 0 saturated heterocycles. The van der Waals surface area contributed by atoms with Gasteiger partial charge in [-0.15, -0.1) is 10.0 Å². The molecule has 0 aliphatic heterocycles. The van der Waals surface area contributed by atoms with E-state index in [0.717, 1.165) is 50.4 Å². The summed E-state index contributed by atoms with van der Waals surface area (Å²) in [5.74, 6) is 2.22. The van der Waals surface area contributed by atoms with Gasteiger partial charge in [0, 0.05) is 52.9 Å². The second-order valence-corrected chi connectivity index (χ2v) is 17.3. The fourth-order valence-electron chi connectivity index (χ4n) is 8.52. The Hall–Kier alpha value is -7.21. The summed E-state index contributed by atoms with van der Waals surface area (Å²) in [4.78, 5) is 15.9. The van der Waals surface area contributed by atoms with E-state index in [2.05, 4.69) is 222 Å². The van der Waals surface area contributed by atoms with Crippen LogP contribution < -0.4 is 0 Å². The molecule has 0 aliphatic rings. The maximum Gasteiger partial charge on any atom is 0.163 e. The van der Waals surface area contributed by atoms with Crippen molar-refractivity contribution in [1.29, 1.82) is 0 Å². The van der Waals surface area contributed by atoms with Gasteiger partial charge >= 0.3 is 0 Å². The minimum absolute atomic E-state index is 0.644. The first kappa shape index (κ1) is 35.2. The van der Waals surface area contributed by atoms with Gasteiger partial charge in [0.1, 0.15) is 11.6 Å². The highest BCUT2D eigenvalue weighted by atomic mass is 32.3. The van der Waals surface area contributed by atoms with Gasteiger partial charge in [0.05, 0.1) is 22.2 Å². The quantitative estimate of drug-likeness (QED) is 0.147. The van der Waals surface area contributed by atoms with Crippen molar-refractivity contribution in [3.05, 3.63) is 218 Å². The van der Waals surface area contributed by atoms with Gasteiger partial charge in [-0.3, -0.25) is 9.13 Å². The third kappa shape index (κ3) is 5.62. The van der Waals surface area contributed by atoms with Gasteiger partial charge in [0.15, 0.2) is 5.82 Å². The monoisotopic (exact) mass is 764 g/mol. The van der Waals surface area contributed by atoms with Crippen LogP contribution in [0.15, 0.2) is 226 Å². The number of benzene rings is 7. The summed E-state index contributed by atoms with van der Waals surface area (Å²) in [5, 5.41) is 3.48. The zero-order valence-corrected chi connectivity index (χ0v) is 32.9. The molecule has 0 N–H and O–H groups in total. The molecule has 10 rings (SSSR count). The Bertz CT molecular complexity index is 2970. The molecule has 0 unspecified atom stereocenters. The topological polar surface area (TPSA) is 35.6 Å². The first-order valence-corrected chi connectivity index (χ1v) is 21.2. The Morgan fingerprint density at radius 3 is 1.36 bits per heavy atom. The molecule has 7 aromatic carbocycles. The summed E-state index contributed by atoms with van der Waals surface area (Å²) >= 11 is 0. The van der Waals surface area contributed by atoms with Crippen molar-refractivity contribution in [2.75, 3.05) is 0 Å². The van der Waals surface area contributed by atoms with Gasteiger partial charge in [0.2, 0.25) is 0 Å². The van der Waals surface area contributed by atoms with Crippen LogP contribution in [0.1, 0.15) is 18.2 Å². The Kier molecular flexibility index (Phi) is 8.93. The molecule has 0 amide bonds. The predicted molar refractivity (Wildman–Crippen MR) is 243 cm³/mol. The lowest BCUT2D eigenvalue weighted by atomic mass is 10.1. The molecule has 0 fully saturated rings. The highest BCUT2D eigenvalue weighted by Gasteiger charge is 2.33. The van der Waals surface area contributed by atoms with E-state index >= 15 is 0 Å². The molecular formula is C53H40N4S. The Morgan fingerprint density at radius 2 is 0.879 bits per heavy atom. The van der Waals surface area contributed by atoms with Crippen LogP contribution in [0, 0.1) is 0 Å². The van der Waals surface area contributed by atoms with Crippen molar-refractivity contribution in [2.24, 2.45) is 0 Å². The molecule has 0 spiro atoms. The lowest BCUT2D eigenvalue weighted by molar-refractivity contribution is 0.971. The first-order chi connectivity index (χ1) is 28.7. The van der Waals surface area contributed by atoms with Crippen molar-refractivity contribution in [1.82, 2.24) is 19.1 Å². The molecule has 4 nitrogen and oxygen atoms in total. The summed E-state index contributed by atoms with van der Waals surface area (Å²) in [7, 11) is -1.86. The van der Waals surface area contributed by atoms with Crippen LogP contribution in [0.2, 0.25) is 0 Å². The van der Waals surface area contributed by atoms with Gasteiger partial charge in [-0.1, -0.05) is 140 Å². The van der Waals surface area contributed by atoms with Crippen LogP contribution in [0.3, 0.4) is 0 Å². The van der Waals surface area contributed by atoms with E-state index in [4.69, 9.17) is 9.97 Å². The van der Waals surface area contributed by atoms with Crippen molar-refractivity contribution in [2.45, 2.75) is 26.5 Å². The predicted octanol–water partition coefficient (Wildman–Crippen LogP) is 14.2. The Morgan fingerprint density at radius 1 is 0.466 bits per heavy atom. The Labute approximate surface area is 340 Å². The molecule has 0 saturated carbocycles. The lowest BCUT2D eigenvalue weighted by Crippen LogP contribution is -2.08. The summed E-state index contributed by atoms with van der Waals surface area (Å²) in [5.41, 5.74) is 6.26. The number of fused-ring (bicyclic) bond motifs is 4. The zero-order valence-electron chi connectivity index (χ0n) is 32.1. The maximum absolute atomic E-state index is 5.43. The van der Waals surface area contributed by atoms with Crippen molar-refractivity contribution >= 4 is 54.9 Å². The van der Waals surface area contributed by atoms with E-state index in [1.54, 1.807) is 0 Å². The highest BCUT2D eigenvalue weighted by molar-refractivity contribution is 8.34. The minimum Gasteiger partial charge on any atom is -0.294 e. The molecule has 0 aliphatic carbocycles. The largest absolute Gasteiger partial charge is 0.294 e. The van der Waals surface area contributed by atoms with E-state index in [0.29, 0.717) is 5.82 Å². The van der Waals surface area contributed by atoms with Gasteiger partial charge in [-0.25, -0.2) is 9.97 Å². The van der Waals surface area contributed by atoms with Gasteiger partial charge < -0.3 is 0 Å². The van der Waals surface area contributed by atoms with Crippen LogP contribution in [-0.2, 0) is 0 Å². The van der Waals surface area contributed by atoms with Gasteiger partial charge in [-0.2, -0.15) is 0 Å². The molecule has 3 heterocycles. The van der Waals surface area contributed by atoms with E-state index in [-0.39, 0.29) is 0 Å². The van der Waals surface area contributed by atoms with Crippen molar-refractivity contribution < 1.29 is 0 Å². The number of para-hydroxylation sites is 3. The maximum atomic E-state index is 5.43. The molecular weight excluding hydrogens is 725 g/mol. The van der Waals surface area contributed by atoms with Crippen LogP contribution >= 0.6 is 10.0 Å². The number of hydrogen-bond acceptors (Lipinski definition) is 2. The normalized spacial score (nSPS) is 12.2. The molecule has 0 bridgehead atoms. The van der Waals surface area contributed by atoms with Crippen LogP contribution in [0.25, 0.3) is 67.9 Å². The first-order valence-electron chi connectivity index (χ1n) is 19.6. The molecule has 5 heteroatoms. The average Bonchev–Trinajstić information content (AvgIpc) is 3.80. The van der Waals surface area contributed by atoms with E-state index in [1.807, 2.05) is 13.0 Å². The number of rotatable bonds is 9. The van der Waals surface area contributed by atoms with Crippen molar-refractivity contribution in [3.63, 3.8) is 0 Å². The average molecular weight is 765 g/mol. The van der Waals surface area contributed by atoms with E-state index in [1.165, 1.54) is 30.4 Å². The molecule has 0 radical (unpaired) electrons.